The van der Waals surface area contributed by atoms with Crippen LogP contribution < -0.4 is 9.47 Å². The molecule has 0 aliphatic carbocycles. The van der Waals surface area contributed by atoms with Crippen molar-refractivity contribution < 1.29 is 14.3 Å². The van der Waals surface area contributed by atoms with Crippen LogP contribution in [0.1, 0.15) is 37.6 Å². The summed E-state index contributed by atoms with van der Waals surface area (Å²) in [5.41, 5.74) is 0.646. The highest BCUT2D eigenvalue weighted by atomic mass is 16.5. The zero-order chi connectivity index (χ0) is 12.0. The number of hydrogen-bond donors (Lipinski definition) is 0. The largest absolute Gasteiger partial charge is 0.490 e. The van der Waals surface area contributed by atoms with E-state index in [2.05, 4.69) is 0 Å². The third kappa shape index (κ3) is 3.26. The van der Waals surface area contributed by atoms with E-state index >= 15 is 0 Å². The average molecular weight is 222 g/mol. The fourth-order valence-electron chi connectivity index (χ4n) is 1.33. The lowest BCUT2D eigenvalue weighted by atomic mass is 10.1. The Bertz CT molecular complexity index is 358. The number of benzene rings is 1. The molecule has 0 aliphatic rings. The van der Waals surface area contributed by atoms with Crippen LogP contribution >= 0.6 is 0 Å². The molecule has 16 heavy (non-hydrogen) atoms. The highest BCUT2D eigenvalue weighted by Gasteiger charge is 2.08. The van der Waals surface area contributed by atoms with Gasteiger partial charge in [-0.2, -0.15) is 0 Å². The molecule has 0 atom stereocenters. The minimum Gasteiger partial charge on any atom is -0.490 e. The van der Waals surface area contributed by atoms with Crippen LogP contribution in [0.2, 0.25) is 0 Å². The molecule has 0 bridgehead atoms. The van der Waals surface area contributed by atoms with E-state index in [1.165, 1.54) is 6.92 Å². The van der Waals surface area contributed by atoms with Crippen LogP contribution in [0.3, 0.4) is 0 Å². The van der Waals surface area contributed by atoms with Gasteiger partial charge in [-0.05, 0) is 38.5 Å². The molecule has 0 amide bonds. The second-order valence-electron chi connectivity index (χ2n) is 3.50. The average Bonchev–Trinajstić information content (AvgIpc) is 2.27. The Morgan fingerprint density at radius 3 is 2.50 bits per heavy atom. The lowest BCUT2D eigenvalue weighted by molar-refractivity contribution is 0.101. The minimum absolute atomic E-state index is 0.0306. The lowest BCUT2D eigenvalue weighted by Gasteiger charge is -2.12. The molecule has 1 aromatic rings. The van der Waals surface area contributed by atoms with Crippen molar-refractivity contribution in [1.29, 1.82) is 0 Å². The molecule has 0 N–H and O–H groups in total. The van der Waals surface area contributed by atoms with Gasteiger partial charge in [0.1, 0.15) is 0 Å². The normalized spacial score (nSPS) is 9.94. The van der Waals surface area contributed by atoms with E-state index in [-0.39, 0.29) is 5.78 Å². The maximum atomic E-state index is 11.2. The van der Waals surface area contributed by atoms with Gasteiger partial charge in [-0.25, -0.2) is 0 Å². The fourth-order valence-corrected chi connectivity index (χ4v) is 1.33. The molecule has 0 radical (unpaired) electrons. The molecule has 0 spiro atoms. The molecule has 3 heteroatoms. The third-order valence-electron chi connectivity index (χ3n) is 2.11. The Hall–Kier alpha value is -1.51. The molecule has 1 rings (SSSR count). The van der Waals surface area contributed by atoms with Gasteiger partial charge in [-0.15, -0.1) is 0 Å². The van der Waals surface area contributed by atoms with Crippen molar-refractivity contribution >= 4 is 5.78 Å². The summed E-state index contributed by atoms with van der Waals surface area (Å²) in [5, 5.41) is 0. The van der Waals surface area contributed by atoms with Crippen molar-refractivity contribution in [2.24, 2.45) is 0 Å². The Morgan fingerprint density at radius 2 is 1.94 bits per heavy atom. The van der Waals surface area contributed by atoms with Crippen LogP contribution in [0.25, 0.3) is 0 Å². The topological polar surface area (TPSA) is 35.5 Å². The third-order valence-corrected chi connectivity index (χ3v) is 2.11. The summed E-state index contributed by atoms with van der Waals surface area (Å²) in [6.45, 7) is 6.70. The van der Waals surface area contributed by atoms with Gasteiger partial charge >= 0.3 is 0 Å². The molecule has 0 saturated heterocycles. The van der Waals surface area contributed by atoms with E-state index in [9.17, 15) is 4.79 Å². The van der Waals surface area contributed by atoms with Gasteiger partial charge in [0.05, 0.1) is 13.2 Å². The molecule has 0 aromatic heterocycles. The molecular weight excluding hydrogens is 204 g/mol. The molecule has 0 fully saturated rings. The minimum atomic E-state index is 0.0306. The molecule has 0 heterocycles. The van der Waals surface area contributed by atoms with Crippen molar-refractivity contribution in [3.05, 3.63) is 23.8 Å². The van der Waals surface area contributed by atoms with Crippen LogP contribution in [-0.4, -0.2) is 19.0 Å². The van der Waals surface area contributed by atoms with E-state index in [1.807, 2.05) is 13.8 Å². The summed E-state index contributed by atoms with van der Waals surface area (Å²) in [6, 6.07) is 5.28. The van der Waals surface area contributed by atoms with Crippen molar-refractivity contribution in [3.8, 4) is 11.5 Å². The first kappa shape index (κ1) is 12.6. The second kappa shape index (κ2) is 6.16. The van der Waals surface area contributed by atoms with E-state index in [1.54, 1.807) is 18.2 Å². The maximum Gasteiger partial charge on any atom is 0.161 e. The first-order valence-electron chi connectivity index (χ1n) is 5.59. The Morgan fingerprint density at radius 1 is 1.19 bits per heavy atom. The van der Waals surface area contributed by atoms with Crippen LogP contribution in [0.5, 0.6) is 11.5 Å². The highest BCUT2D eigenvalue weighted by molar-refractivity contribution is 5.94. The van der Waals surface area contributed by atoms with E-state index in [4.69, 9.17) is 9.47 Å². The van der Waals surface area contributed by atoms with Gasteiger partial charge in [0.15, 0.2) is 17.3 Å². The van der Waals surface area contributed by atoms with Crippen LogP contribution in [-0.2, 0) is 0 Å². The van der Waals surface area contributed by atoms with Gasteiger partial charge in [0.2, 0.25) is 0 Å². The molecule has 88 valence electrons. The SMILES string of the molecule is CCCOc1ccc(C(C)=O)cc1OCC. The van der Waals surface area contributed by atoms with Gasteiger partial charge in [-0.3, -0.25) is 4.79 Å². The lowest BCUT2D eigenvalue weighted by Crippen LogP contribution is -2.01. The zero-order valence-corrected chi connectivity index (χ0v) is 10.1. The fraction of sp³-hybridized carbons (Fsp3) is 0.462. The van der Waals surface area contributed by atoms with Gasteiger partial charge in [0.25, 0.3) is 0 Å². The predicted molar refractivity (Wildman–Crippen MR) is 63.4 cm³/mol. The Balaban J connectivity index is 2.94. The number of carbonyl (C=O) groups is 1. The molecule has 3 nitrogen and oxygen atoms in total. The van der Waals surface area contributed by atoms with Gasteiger partial charge in [-0.1, -0.05) is 6.92 Å². The van der Waals surface area contributed by atoms with E-state index < -0.39 is 0 Å². The van der Waals surface area contributed by atoms with Crippen molar-refractivity contribution in [3.63, 3.8) is 0 Å². The van der Waals surface area contributed by atoms with Crippen molar-refractivity contribution in [1.82, 2.24) is 0 Å². The summed E-state index contributed by atoms with van der Waals surface area (Å²) >= 11 is 0. The predicted octanol–water partition coefficient (Wildman–Crippen LogP) is 3.08. The summed E-state index contributed by atoms with van der Waals surface area (Å²) in [4.78, 5) is 11.2. The number of Topliss-reactive ketones (excluding diaryl/α,β-unsaturated/α-hetero) is 1. The highest BCUT2D eigenvalue weighted by Crippen LogP contribution is 2.28. The summed E-state index contributed by atoms with van der Waals surface area (Å²) in [6.07, 6.45) is 0.944. The zero-order valence-electron chi connectivity index (χ0n) is 10.1. The second-order valence-corrected chi connectivity index (χ2v) is 3.50. The maximum absolute atomic E-state index is 11.2. The monoisotopic (exact) mass is 222 g/mol. The standard InChI is InChI=1S/C13H18O3/c1-4-8-16-12-7-6-11(10(3)14)9-13(12)15-5-2/h6-7,9H,4-5,8H2,1-3H3. The first-order valence-corrected chi connectivity index (χ1v) is 5.59. The number of ether oxygens (including phenoxy) is 2. The van der Waals surface area contributed by atoms with Crippen molar-refractivity contribution in [2.75, 3.05) is 13.2 Å². The van der Waals surface area contributed by atoms with Gasteiger partial charge < -0.3 is 9.47 Å². The quantitative estimate of drug-likeness (QED) is 0.694. The van der Waals surface area contributed by atoms with Crippen molar-refractivity contribution in [2.45, 2.75) is 27.2 Å². The molecular formula is C13H18O3. The number of rotatable bonds is 6. The molecule has 0 saturated carbocycles. The number of hydrogen-bond acceptors (Lipinski definition) is 3. The van der Waals surface area contributed by atoms with Crippen LogP contribution in [0.15, 0.2) is 18.2 Å². The Kier molecular flexibility index (Phi) is 4.83. The molecule has 1 aromatic carbocycles. The van der Waals surface area contributed by atoms with E-state index in [0.717, 1.165) is 6.42 Å². The summed E-state index contributed by atoms with van der Waals surface area (Å²) in [5.74, 6) is 1.38. The molecule has 0 aliphatic heterocycles. The number of ketones is 1. The Labute approximate surface area is 96.4 Å². The summed E-state index contributed by atoms with van der Waals surface area (Å²) in [7, 11) is 0. The van der Waals surface area contributed by atoms with Crippen LogP contribution in [0, 0.1) is 0 Å². The number of carbonyl (C=O) groups excluding carboxylic acids is 1. The smallest absolute Gasteiger partial charge is 0.161 e. The van der Waals surface area contributed by atoms with Crippen LogP contribution in [0.4, 0.5) is 0 Å². The first-order chi connectivity index (χ1) is 7.69. The van der Waals surface area contributed by atoms with Gasteiger partial charge in [0, 0.05) is 5.56 Å². The summed E-state index contributed by atoms with van der Waals surface area (Å²) < 4.78 is 11.0. The van der Waals surface area contributed by atoms with E-state index in [0.29, 0.717) is 30.3 Å². The molecule has 0 unspecified atom stereocenters.